The Balaban J connectivity index is 2.63. The molecule has 2 aromatic heterocycles. The molecule has 0 atom stereocenters. The summed E-state index contributed by atoms with van der Waals surface area (Å²) in [6.45, 7) is 5.00. The SMILES string of the molecule is CC(C)(C)n1c(O)c(C=Nc2c[nH]c(=O)[nH]c2=O)c(=O)[nH]c1=O. The number of nitrogens with one attached hydrogen (secondary N) is 3. The van der Waals surface area contributed by atoms with E-state index in [4.69, 9.17) is 0 Å². The van der Waals surface area contributed by atoms with Crippen molar-refractivity contribution in [1.82, 2.24) is 19.5 Å². The highest BCUT2D eigenvalue weighted by atomic mass is 16.3. The van der Waals surface area contributed by atoms with Gasteiger partial charge >= 0.3 is 11.4 Å². The third-order valence-corrected chi connectivity index (χ3v) is 2.92. The van der Waals surface area contributed by atoms with Crippen LogP contribution < -0.4 is 22.5 Å². The van der Waals surface area contributed by atoms with Crippen molar-refractivity contribution in [3.05, 3.63) is 53.4 Å². The minimum Gasteiger partial charge on any atom is -0.494 e. The van der Waals surface area contributed by atoms with Gasteiger partial charge in [0, 0.05) is 18.0 Å². The molecule has 0 unspecified atom stereocenters. The molecular formula is C13H15N5O5. The van der Waals surface area contributed by atoms with Gasteiger partial charge in [0.05, 0.1) is 0 Å². The molecule has 0 saturated heterocycles. The highest BCUT2D eigenvalue weighted by molar-refractivity contribution is 5.83. The van der Waals surface area contributed by atoms with Crippen LogP contribution in [0.3, 0.4) is 0 Å². The average molecular weight is 321 g/mol. The van der Waals surface area contributed by atoms with E-state index in [0.717, 1.165) is 17.0 Å². The number of H-pyrrole nitrogens is 3. The minimum absolute atomic E-state index is 0.170. The summed E-state index contributed by atoms with van der Waals surface area (Å²) in [7, 11) is 0. The van der Waals surface area contributed by atoms with E-state index < -0.39 is 33.9 Å². The third kappa shape index (κ3) is 3.20. The summed E-state index contributed by atoms with van der Waals surface area (Å²) in [5.74, 6) is -0.573. The normalized spacial score (nSPS) is 12.0. The van der Waals surface area contributed by atoms with E-state index in [1.54, 1.807) is 20.8 Å². The second-order valence-corrected chi connectivity index (χ2v) is 5.72. The van der Waals surface area contributed by atoms with E-state index in [1.807, 2.05) is 4.98 Å². The molecule has 0 saturated carbocycles. The summed E-state index contributed by atoms with van der Waals surface area (Å²) in [6, 6.07) is 0. The zero-order chi connectivity index (χ0) is 17.4. The molecule has 2 rings (SSSR count). The Kier molecular flexibility index (Phi) is 3.91. The van der Waals surface area contributed by atoms with Crippen LogP contribution >= 0.6 is 0 Å². The van der Waals surface area contributed by atoms with Gasteiger partial charge in [-0.05, 0) is 20.8 Å². The molecule has 0 fully saturated rings. The molecule has 2 aromatic rings. The smallest absolute Gasteiger partial charge is 0.331 e. The molecular weight excluding hydrogens is 306 g/mol. The van der Waals surface area contributed by atoms with Gasteiger partial charge in [0.25, 0.3) is 11.1 Å². The molecule has 10 heteroatoms. The zero-order valence-corrected chi connectivity index (χ0v) is 12.6. The highest BCUT2D eigenvalue weighted by Crippen LogP contribution is 2.19. The minimum atomic E-state index is -0.849. The van der Waals surface area contributed by atoms with Gasteiger partial charge in [-0.2, -0.15) is 0 Å². The maximum atomic E-state index is 11.8. The fourth-order valence-corrected chi connectivity index (χ4v) is 1.91. The summed E-state index contributed by atoms with van der Waals surface area (Å²) in [5.41, 5.74) is -4.32. The summed E-state index contributed by atoms with van der Waals surface area (Å²) < 4.78 is 0.993. The van der Waals surface area contributed by atoms with Gasteiger partial charge < -0.3 is 10.1 Å². The van der Waals surface area contributed by atoms with Gasteiger partial charge in [0.2, 0.25) is 5.88 Å². The number of aliphatic imine (C=N–C) groups is 1. The van der Waals surface area contributed by atoms with Crippen LogP contribution in [0.5, 0.6) is 5.88 Å². The number of hydrogen-bond donors (Lipinski definition) is 4. The summed E-state index contributed by atoms with van der Waals surface area (Å²) >= 11 is 0. The van der Waals surface area contributed by atoms with Crippen LogP contribution in [0.2, 0.25) is 0 Å². The molecule has 0 bridgehead atoms. The summed E-state index contributed by atoms with van der Waals surface area (Å²) in [5, 5.41) is 10.2. The molecule has 0 aliphatic carbocycles. The fourth-order valence-electron chi connectivity index (χ4n) is 1.91. The van der Waals surface area contributed by atoms with E-state index in [1.165, 1.54) is 0 Å². The van der Waals surface area contributed by atoms with Crippen LogP contribution in [0, 0.1) is 0 Å². The van der Waals surface area contributed by atoms with Gasteiger partial charge in [-0.25, -0.2) is 14.6 Å². The average Bonchev–Trinajstić information content (AvgIpc) is 2.38. The van der Waals surface area contributed by atoms with Gasteiger partial charge in [-0.1, -0.05) is 0 Å². The number of rotatable bonds is 2. The first-order valence-corrected chi connectivity index (χ1v) is 6.56. The van der Waals surface area contributed by atoms with Crippen LogP contribution in [0.25, 0.3) is 0 Å². The molecule has 0 aliphatic heterocycles. The summed E-state index contributed by atoms with van der Waals surface area (Å²) in [6.07, 6.45) is 2.00. The van der Waals surface area contributed by atoms with Crippen molar-refractivity contribution in [1.29, 1.82) is 0 Å². The van der Waals surface area contributed by atoms with Crippen LogP contribution in [-0.4, -0.2) is 30.8 Å². The number of aromatic hydroxyl groups is 1. The lowest BCUT2D eigenvalue weighted by molar-refractivity contribution is 0.305. The lowest BCUT2D eigenvalue weighted by Gasteiger charge is -2.23. The van der Waals surface area contributed by atoms with Crippen LogP contribution in [-0.2, 0) is 5.54 Å². The zero-order valence-electron chi connectivity index (χ0n) is 12.6. The molecule has 0 spiro atoms. The van der Waals surface area contributed by atoms with Crippen molar-refractivity contribution in [3.63, 3.8) is 0 Å². The molecule has 0 radical (unpaired) electrons. The topological polar surface area (TPSA) is 153 Å². The monoisotopic (exact) mass is 321 g/mol. The standard InChI is InChI=1S/C13H15N5O5/c1-13(2,3)18-10(21)6(8(19)17-12(18)23)4-14-7-5-15-11(22)16-9(7)20/h4-5,21H,1-3H3,(H,17,19,23)(H2,15,16,20,22). The summed E-state index contributed by atoms with van der Waals surface area (Å²) in [4.78, 5) is 56.1. The largest absolute Gasteiger partial charge is 0.494 e. The van der Waals surface area contributed by atoms with E-state index in [0.29, 0.717) is 0 Å². The lowest BCUT2D eigenvalue weighted by atomic mass is 10.1. The Labute approximate surface area is 128 Å². The highest BCUT2D eigenvalue weighted by Gasteiger charge is 2.22. The van der Waals surface area contributed by atoms with Crippen molar-refractivity contribution in [2.24, 2.45) is 4.99 Å². The maximum absolute atomic E-state index is 11.8. The number of nitrogens with zero attached hydrogens (tertiary/aromatic N) is 2. The Bertz CT molecular complexity index is 999. The third-order valence-electron chi connectivity index (χ3n) is 2.92. The predicted molar refractivity (Wildman–Crippen MR) is 82.9 cm³/mol. The first kappa shape index (κ1) is 16.2. The molecule has 2 heterocycles. The van der Waals surface area contributed by atoms with Crippen molar-refractivity contribution in [3.8, 4) is 5.88 Å². The number of aromatic nitrogens is 4. The molecule has 0 amide bonds. The van der Waals surface area contributed by atoms with E-state index in [9.17, 15) is 24.3 Å². The molecule has 4 N–H and O–H groups in total. The van der Waals surface area contributed by atoms with Crippen molar-refractivity contribution in [2.45, 2.75) is 26.3 Å². The molecule has 10 nitrogen and oxygen atoms in total. The van der Waals surface area contributed by atoms with Crippen molar-refractivity contribution < 1.29 is 5.11 Å². The molecule has 0 aromatic carbocycles. The van der Waals surface area contributed by atoms with Crippen LogP contribution in [0.15, 0.2) is 30.4 Å². The van der Waals surface area contributed by atoms with Gasteiger partial charge in [-0.3, -0.25) is 24.1 Å². The lowest BCUT2D eigenvalue weighted by Crippen LogP contribution is -2.40. The van der Waals surface area contributed by atoms with Crippen molar-refractivity contribution >= 4 is 11.9 Å². The Morgan fingerprint density at radius 2 is 1.78 bits per heavy atom. The second kappa shape index (κ2) is 5.55. The Morgan fingerprint density at radius 3 is 2.35 bits per heavy atom. The number of aromatic amines is 3. The second-order valence-electron chi connectivity index (χ2n) is 5.72. The number of hydrogen-bond acceptors (Lipinski definition) is 6. The molecule has 122 valence electrons. The van der Waals surface area contributed by atoms with Gasteiger partial charge in [-0.15, -0.1) is 0 Å². The Hall–Kier alpha value is -3.17. The van der Waals surface area contributed by atoms with E-state index >= 15 is 0 Å². The predicted octanol–water partition coefficient (Wildman–Crippen LogP) is -0.876. The van der Waals surface area contributed by atoms with Gasteiger partial charge in [0.15, 0.2) is 0 Å². The first-order chi connectivity index (χ1) is 10.6. The van der Waals surface area contributed by atoms with Crippen molar-refractivity contribution in [2.75, 3.05) is 0 Å². The molecule has 23 heavy (non-hydrogen) atoms. The van der Waals surface area contributed by atoms with E-state index in [-0.39, 0.29) is 11.3 Å². The van der Waals surface area contributed by atoms with E-state index in [2.05, 4.69) is 15.0 Å². The Morgan fingerprint density at radius 1 is 1.13 bits per heavy atom. The van der Waals surface area contributed by atoms with Crippen LogP contribution in [0.1, 0.15) is 26.3 Å². The van der Waals surface area contributed by atoms with Gasteiger partial charge in [0.1, 0.15) is 11.3 Å². The maximum Gasteiger partial charge on any atom is 0.331 e. The van der Waals surface area contributed by atoms with Crippen LogP contribution in [0.4, 0.5) is 5.69 Å². The molecule has 0 aliphatic rings. The quantitative estimate of drug-likeness (QED) is 0.529. The first-order valence-electron chi connectivity index (χ1n) is 6.56. The fraction of sp³-hybridized carbons (Fsp3) is 0.308.